The van der Waals surface area contributed by atoms with E-state index in [1.54, 1.807) is 0 Å². The standard InChI is InChI=1S/C6H15NO/c1-5-8-6(2)7(3)4/h6H,5H2,1-4H3. The molecule has 50 valence electrons. The predicted molar refractivity (Wildman–Crippen MR) is 34.8 cm³/mol. The van der Waals surface area contributed by atoms with E-state index in [0.29, 0.717) is 0 Å². The molecule has 0 rings (SSSR count). The third kappa shape index (κ3) is 2.99. The third-order valence-corrected chi connectivity index (χ3v) is 1.14. The molecule has 1 atom stereocenters. The number of hydrogen-bond acceptors (Lipinski definition) is 2. The van der Waals surface area contributed by atoms with Crippen molar-refractivity contribution in [3.63, 3.8) is 0 Å². The Morgan fingerprint density at radius 3 is 2.12 bits per heavy atom. The Hall–Kier alpha value is -0.0800. The van der Waals surface area contributed by atoms with E-state index >= 15 is 0 Å². The topological polar surface area (TPSA) is 12.5 Å². The minimum Gasteiger partial charge on any atom is -0.364 e. The van der Waals surface area contributed by atoms with Gasteiger partial charge in [-0.2, -0.15) is 0 Å². The van der Waals surface area contributed by atoms with Gasteiger partial charge in [-0.3, -0.25) is 4.90 Å². The second kappa shape index (κ2) is 3.87. The van der Waals surface area contributed by atoms with Gasteiger partial charge in [0, 0.05) is 6.61 Å². The monoisotopic (exact) mass is 117 g/mol. The molecule has 0 aromatic rings. The van der Waals surface area contributed by atoms with Crippen molar-refractivity contribution < 1.29 is 4.74 Å². The maximum Gasteiger partial charge on any atom is 0.107 e. The Balaban J connectivity index is 3.17. The van der Waals surface area contributed by atoms with Crippen molar-refractivity contribution in [1.82, 2.24) is 4.90 Å². The van der Waals surface area contributed by atoms with E-state index in [-0.39, 0.29) is 6.23 Å². The Morgan fingerprint density at radius 1 is 1.50 bits per heavy atom. The Kier molecular flexibility index (Phi) is 3.83. The maximum absolute atomic E-state index is 5.23. The SMILES string of the molecule is CCOC(C)N(C)C. The highest BCUT2D eigenvalue weighted by molar-refractivity contribution is 4.41. The van der Waals surface area contributed by atoms with E-state index in [0.717, 1.165) is 6.61 Å². The zero-order chi connectivity index (χ0) is 6.57. The molecular weight excluding hydrogens is 102 g/mol. The molecule has 0 aromatic carbocycles. The maximum atomic E-state index is 5.23. The summed E-state index contributed by atoms with van der Waals surface area (Å²) in [5, 5.41) is 0. The first kappa shape index (κ1) is 7.92. The molecule has 2 nitrogen and oxygen atoms in total. The van der Waals surface area contributed by atoms with Crippen LogP contribution in [0.4, 0.5) is 0 Å². The molecule has 0 aliphatic carbocycles. The van der Waals surface area contributed by atoms with Crippen LogP contribution in [-0.2, 0) is 4.74 Å². The van der Waals surface area contributed by atoms with E-state index in [1.165, 1.54) is 0 Å². The van der Waals surface area contributed by atoms with E-state index in [4.69, 9.17) is 4.74 Å². The summed E-state index contributed by atoms with van der Waals surface area (Å²) in [6.07, 6.45) is 0.250. The van der Waals surface area contributed by atoms with Gasteiger partial charge in [0.05, 0.1) is 0 Å². The summed E-state index contributed by atoms with van der Waals surface area (Å²) in [5.74, 6) is 0. The molecule has 8 heavy (non-hydrogen) atoms. The molecule has 0 N–H and O–H groups in total. The summed E-state index contributed by atoms with van der Waals surface area (Å²) in [5.41, 5.74) is 0. The van der Waals surface area contributed by atoms with Crippen LogP contribution in [-0.4, -0.2) is 31.8 Å². The van der Waals surface area contributed by atoms with Gasteiger partial charge in [0.25, 0.3) is 0 Å². The van der Waals surface area contributed by atoms with Crippen LogP contribution in [0.15, 0.2) is 0 Å². The number of nitrogens with zero attached hydrogens (tertiary/aromatic N) is 1. The van der Waals surface area contributed by atoms with Gasteiger partial charge in [-0.1, -0.05) is 0 Å². The third-order valence-electron chi connectivity index (χ3n) is 1.14. The van der Waals surface area contributed by atoms with Crippen LogP contribution in [0.2, 0.25) is 0 Å². The largest absolute Gasteiger partial charge is 0.364 e. The highest BCUT2D eigenvalue weighted by Gasteiger charge is 1.99. The molecule has 0 bridgehead atoms. The molecule has 2 heteroatoms. The van der Waals surface area contributed by atoms with Crippen LogP contribution < -0.4 is 0 Å². The van der Waals surface area contributed by atoms with Crippen LogP contribution in [0.5, 0.6) is 0 Å². The molecule has 0 amide bonds. The van der Waals surface area contributed by atoms with Crippen molar-refractivity contribution in [2.75, 3.05) is 20.7 Å². The zero-order valence-electron chi connectivity index (χ0n) is 6.14. The Morgan fingerprint density at radius 2 is 2.00 bits per heavy atom. The fourth-order valence-electron chi connectivity index (χ4n) is 0.390. The van der Waals surface area contributed by atoms with Crippen LogP contribution >= 0.6 is 0 Å². The molecular formula is C6H15NO. The fraction of sp³-hybridized carbons (Fsp3) is 1.00. The lowest BCUT2D eigenvalue weighted by atomic mass is 10.6. The van der Waals surface area contributed by atoms with Gasteiger partial charge in [-0.05, 0) is 27.9 Å². The van der Waals surface area contributed by atoms with E-state index in [1.807, 2.05) is 32.8 Å². The Bertz CT molecular complexity index is 54.5. The summed E-state index contributed by atoms with van der Waals surface area (Å²) in [6, 6.07) is 0. The zero-order valence-corrected chi connectivity index (χ0v) is 6.14. The molecule has 0 radical (unpaired) electrons. The van der Waals surface area contributed by atoms with Crippen molar-refractivity contribution in [1.29, 1.82) is 0 Å². The molecule has 0 fully saturated rings. The first-order valence-electron chi connectivity index (χ1n) is 2.96. The van der Waals surface area contributed by atoms with Crippen molar-refractivity contribution in [2.45, 2.75) is 20.1 Å². The minimum atomic E-state index is 0.250. The molecule has 0 heterocycles. The number of hydrogen-bond donors (Lipinski definition) is 0. The second-order valence-electron chi connectivity index (χ2n) is 2.02. The summed E-state index contributed by atoms with van der Waals surface area (Å²) in [7, 11) is 4.00. The van der Waals surface area contributed by atoms with Crippen molar-refractivity contribution in [3.8, 4) is 0 Å². The average Bonchev–Trinajstić information content (AvgIpc) is 1.67. The van der Waals surface area contributed by atoms with Gasteiger partial charge in [-0.15, -0.1) is 0 Å². The summed E-state index contributed by atoms with van der Waals surface area (Å²) in [6.45, 7) is 4.82. The first-order chi connectivity index (χ1) is 3.68. The van der Waals surface area contributed by atoms with Gasteiger partial charge in [0.1, 0.15) is 6.23 Å². The summed E-state index contributed by atoms with van der Waals surface area (Å²) < 4.78 is 5.23. The van der Waals surface area contributed by atoms with Gasteiger partial charge < -0.3 is 4.74 Å². The smallest absolute Gasteiger partial charge is 0.107 e. The molecule has 1 unspecified atom stereocenters. The molecule has 0 aliphatic rings. The predicted octanol–water partition coefficient (Wildman–Crippen LogP) is 0.930. The Labute approximate surface area is 51.4 Å². The van der Waals surface area contributed by atoms with Crippen molar-refractivity contribution in [2.24, 2.45) is 0 Å². The lowest BCUT2D eigenvalue weighted by Gasteiger charge is -2.18. The molecule has 0 saturated heterocycles. The van der Waals surface area contributed by atoms with Crippen LogP contribution in [0.1, 0.15) is 13.8 Å². The quantitative estimate of drug-likeness (QED) is 0.510. The van der Waals surface area contributed by atoms with Crippen molar-refractivity contribution in [3.05, 3.63) is 0 Å². The lowest BCUT2D eigenvalue weighted by Crippen LogP contribution is -2.27. The number of rotatable bonds is 3. The van der Waals surface area contributed by atoms with Crippen LogP contribution in [0.3, 0.4) is 0 Å². The van der Waals surface area contributed by atoms with E-state index in [9.17, 15) is 0 Å². The van der Waals surface area contributed by atoms with E-state index < -0.39 is 0 Å². The van der Waals surface area contributed by atoms with Gasteiger partial charge in [-0.25, -0.2) is 0 Å². The fourth-order valence-corrected chi connectivity index (χ4v) is 0.390. The van der Waals surface area contributed by atoms with Gasteiger partial charge in [0.15, 0.2) is 0 Å². The molecule has 0 aliphatic heterocycles. The summed E-state index contributed by atoms with van der Waals surface area (Å²) in [4.78, 5) is 2.03. The van der Waals surface area contributed by atoms with Gasteiger partial charge >= 0.3 is 0 Å². The number of ether oxygens (including phenoxy) is 1. The normalized spacial score (nSPS) is 14.6. The summed E-state index contributed by atoms with van der Waals surface area (Å²) >= 11 is 0. The van der Waals surface area contributed by atoms with Crippen molar-refractivity contribution >= 4 is 0 Å². The highest BCUT2D eigenvalue weighted by atomic mass is 16.5. The van der Waals surface area contributed by atoms with E-state index in [2.05, 4.69) is 0 Å². The molecule has 0 aromatic heterocycles. The molecule has 0 saturated carbocycles. The van der Waals surface area contributed by atoms with Gasteiger partial charge in [0.2, 0.25) is 0 Å². The average molecular weight is 117 g/mol. The minimum absolute atomic E-state index is 0.250. The molecule has 0 spiro atoms. The van der Waals surface area contributed by atoms with Crippen LogP contribution in [0, 0.1) is 0 Å². The second-order valence-corrected chi connectivity index (χ2v) is 2.02. The highest BCUT2D eigenvalue weighted by Crippen LogP contribution is 1.91. The van der Waals surface area contributed by atoms with Crippen LogP contribution in [0.25, 0.3) is 0 Å². The lowest BCUT2D eigenvalue weighted by molar-refractivity contribution is -0.0160. The first-order valence-corrected chi connectivity index (χ1v) is 2.96.